The molecule has 0 radical (unpaired) electrons. The van der Waals surface area contributed by atoms with Crippen LogP contribution in [0.2, 0.25) is 0 Å². The summed E-state index contributed by atoms with van der Waals surface area (Å²) in [6.45, 7) is 9.13. The highest BCUT2D eigenvalue weighted by molar-refractivity contribution is 7.89. The van der Waals surface area contributed by atoms with E-state index in [2.05, 4.69) is 31.3 Å². The first-order valence-corrected chi connectivity index (χ1v) is 11.7. The zero-order valence-corrected chi connectivity index (χ0v) is 18.9. The van der Waals surface area contributed by atoms with Gasteiger partial charge in [-0.3, -0.25) is 4.79 Å². The van der Waals surface area contributed by atoms with E-state index in [4.69, 9.17) is 4.74 Å². The molecular weight excluding hydrogens is 400 g/mol. The monoisotopic (exact) mass is 430 g/mol. The van der Waals surface area contributed by atoms with Crippen molar-refractivity contribution in [3.8, 4) is 5.75 Å². The average molecular weight is 431 g/mol. The van der Waals surface area contributed by atoms with Crippen molar-refractivity contribution in [1.82, 2.24) is 9.62 Å². The van der Waals surface area contributed by atoms with Crippen LogP contribution in [0.5, 0.6) is 5.75 Å². The van der Waals surface area contributed by atoms with Crippen molar-refractivity contribution in [3.63, 3.8) is 0 Å². The SMILES string of the molecule is Cc1cc(C)c([C@H](C)NC(=O)COc2ccc(S(=O)(=O)N3CCCC3)cc2)cc1C. The summed E-state index contributed by atoms with van der Waals surface area (Å²) in [5, 5.41) is 2.96. The molecule has 1 heterocycles. The summed E-state index contributed by atoms with van der Waals surface area (Å²) in [6.07, 6.45) is 1.80. The molecule has 0 aromatic heterocycles. The van der Waals surface area contributed by atoms with Crippen LogP contribution in [-0.4, -0.2) is 38.3 Å². The van der Waals surface area contributed by atoms with Crippen LogP contribution < -0.4 is 10.1 Å². The normalized spacial score (nSPS) is 15.7. The highest BCUT2D eigenvalue weighted by Crippen LogP contribution is 2.23. The minimum atomic E-state index is -3.45. The number of carbonyl (C=O) groups is 1. The Bertz CT molecular complexity index is 1010. The maximum absolute atomic E-state index is 12.6. The third-order valence-corrected chi connectivity index (χ3v) is 7.54. The molecule has 2 aromatic carbocycles. The van der Waals surface area contributed by atoms with Crippen molar-refractivity contribution in [2.75, 3.05) is 19.7 Å². The van der Waals surface area contributed by atoms with E-state index in [1.807, 2.05) is 13.8 Å². The number of hydrogen-bond acceptors (Lipinski definition) is 4. The van der Waals surface area contributed by atoms with E-state index in [9.17, 15) is 13.2 Å². The van der Waals surface area contributed by atoms with Gasteiger partial charge < -0.3 is 10.1 Å². The smallest absolute Gasteiger partial charge is 0.258 e. The summed E-state index contributed by atoms with van der Waals surface area (Å²) >= 11 is 0. The minimum Gasteiger partial charge on any atom is -0.484 e. The molecular formula is C23H30N2O4S. The van der Waals surface area contributed by atoms with Gasteiger partial charge in [0.25, 0.3) is 5.91 Å². The van der Waals surface area contributed by atoms with Gasteiger partial charge in [0.1, 0.15) is 5.75 Å². The number of amides is 1. The molecule has 30 heavy (non-hydrogen) atoms. The molecule has 0 saturated carbocycles. The van der Waals surface area contributed by atoms with E-state index in [-0.39, 0.29) is 23.5 Å². The first kappa shape index (κ1) is 22.3. The molecule has 2 aromatic rings. The zero-order valence-electron chi connectivity index (χ0n) is 18.1. The molecule has 0 aliphatic carbocycles. The lowest BCUT2D eigenvalue weighted by atomic mass is 9.96. The van der Waals surface area contributed by atoms with Crippen LogP contribution in [0.4, 0.5) is 0 Å². The Morgan fingerprint density at radius 3 is 2.27 bits per heavy atom. The van der Waals surface area contributed by atoms with E-state index < -0.39 is 10.0 Å². The van der Waals surface area contributed by atoms with Crippen LogP contribution >= 0.6 is 0 Å². The van der Waals surface area contributed by atoms with Crippen LogP contribution in [0, 0.1) is 20.8 Å². The number of ether oxygens (including phenoxy) is 1. The topological polar surface area (TPSA) is 75.7 Å². The fourth-order valence-electron chi connectivity index (χ4n) is 3.74. The molecule has 0 bridgehead atoms. The molecule has 1 fully saturated rings. The van der Waals surface area contributed by atoms with Gasteiger partial charge in [-0.2, -0.15) is 4.31 Å². The van der Waals surface area contributed by atoms with E-state index in [1.165, 1.54) is 27.6 Å². The van der Waals surface area contributed by atoms with Gasteiger partial charge in [-0.1, -0.05) is 12.1 Å². The Labute approximate surface area is 179 Å². The molecule has 1 aliphatic heterocycles. The molecule has 3 rings (SSSR count). The Morgan fingerprint density at radius 2 is 1.63 bits per heavy atom. The Morgan fingerprint density at radius 1 is 1.03 bits per heavy atom. The number of nitrogens with one attached hydrogen (secondary N) is 1. The summed E-state index contributed by atoms with van der Waals surface area (Å²) in [4.78, 5) is 12.6. The van der Waals surface area contributed by atoms with Gasteiger partial charge in [-0.25, -0.2) is 8.42 Å². The van der Waals surface area contributed by atoms with Gasteiger partial charge in [0, 0.05) is 13.1 Å². The Hall–Kier alpha value is -2.38. The lowest BCUT2D eigenvalue weighted by Gasteiger charge is -2.19. The van der Waals surface area contributed by atoms with Crippen LogP contribution in [-0.2, 0) is 14.8 Å². The molecule has 162 valence electrons. The molecule has 1 N–H and O–H groups in total. The van der Waals surface area contributed by atoms with Gasteiger partial charge in [0.05, 0.1) is 10.9 Å². The third kappa shape index (κ3) is 5.02. The molecule has 1 saturated heterocycles. The minimum absolute atomic E-state index is 0.131. The number of sulfonamides is 1. The van der Waals surface area contributed by atoms with Crippen molar-refractivity contribution >= 4 is 15.9 Å². The van der Waals surface area contributed by atoms with Crippen molar-refractivity contribution in [2.45, 2.75) is 51.5 Å². The van der Waals surface area contributed by atoms with Crippen LogP contribution in [0.1, 0.15) is 48.1 Å². The first-order valence-electron chi connectivity index (χ1n) is 10.3. The molecule has 1 aliphatic rings. The number of carbonyl (C=O) groups excluding carboxylic acids is 1. The lowest BCUT2D eigenvalue weighted by Crippen LogP contribution is -2.31. The summed E-state index contributed by atoms with van der Waals surface area (Å²) < 4.78 is 32.2. The Kier molecular flexibility index (Phi) is 6.83. The fraction of sp³-hybridized carbons (Fsp3) is 0.435. The van der Waals surface area contributed by atoms with Gasteiger partial charge >= 0.3 is 0 Å². The highest BCUT2D eigenvalue weighted by Gasteiger charge is 2.27. The maximum atomic E-state index is 12.6. The second-order valence-electron chi connectivity index (χ2n) is 7.95. The number of hydrogen-bond donors (Lipinski definition) is 1. The number of benzene rings is 2. The predicted octanol–water partition coefficient (Wildman–Crippen LogP) is 3.65. The standard InChI is InChI=1S/C23H30N2O4S/c1-16-13-18(3)22(14-17(16)2)19(4)24-23(26)15-29-20-7-9-21(10-8-20)30(27,28)25-11-5-6-12-25/h7-10,13-14,19H,5-6,11-12,15H2,1-4H3,(H,24,26)/t19-/m0/s1. The van der Waals surface area contributed by atoms with Crippen molar-refractivity contribution in [1.29, 1.82) is 0 Å². The van der Waals surface area contributed by atoms with Crippen LogP contribution in [0.15, 0.2) is 41.3 Å². The summed E-state index contributed by atoms with van der Waals surface area (Å²) in [5.41, 5.74) is 4.65. The van der Waals surface area contributed by atoms with Crippen molar-refractivity contribution in [3.05, 3.63) is 58.7 Å². The lowest BCUT2D eigenvalue weighted by molar-refractivity contribution is -0.123. The molecule has 1 atom stereocenters. The summed E-state index contributed by atoms with van der Waals surface area (Å²) in [6, 6.07) is 10.3. The van der Waals surface area contributed by atoms with Gasteiger partial charge in [-0.15, -0.1) is 0 Å². The van der Waals surface area contributed by atoms with Gasteiger partial charge in [0.2, 0.25) is 10.0 Å². The number of rotatable bonds is 7. The fourth-order valence-corrected chi connectivity index (χ4v) is 5.26. The summed E-state index contributed by atoms with van der Waals surface area (Å²) in [7, 11) is -3.45. The maximum Gasteiger partial charge on any atom is 0.258 e. The zero-order chi connectivity index (χ0) is 21.9. The van der Waals surface area contributed by atoms with Crippen LogP contribution in [0.25, 0.3) is 0 Å². The second-order valence-corrected chi connectivity index (χ2v) is 9.89. The highest BCUT2D eigenvalue weighted by atomic mass is 32.2. The second kappa shape index (κ2) is 9.18. The van der Waals surface area contributed by atoms with Crippen LogP contribution in [0.3, 0.4) is 0 Å². The molecule has 0 unspecified atom stereocenters. The first-order chi connectivity index (χ1) is 14.2. The molecule has 1 amide bonds. The number of nitrogens with zero attached hydrogens (tertiary/aromatic N) is 1. The van der Waals surface area contributed by atoms with E-state index >= 15 is 0 Å². The van der Waals surface area contributed by atoms with E-state index in [0.717, 1.165) is 24.0 Å². The van der Waals surface area contributed by atoms with Crippen molar-refractivity contribution in [2.24, 2.45) is 0 Å². The van der Waals surface area contributed by atoms with Gasteiger partial charge in [-0.05, 0) is 87.1 Å². The number of aryl methyl sites for hydroxylation is 3. The van der Waals surface area contributed by atoms with Gasteiger partial charge in [0.15, 0.2) is 6.61 Å². The molecule has 0 spiro atoms. The third-order valence-electron chi connectivity index (χ3n) is 5.62. The Balaban J connectivity index is 1.56. The van der Waals surface area contributed by atoms with E-state index in [1.54, 1.807) is 12.1 Å². The molecule has 6 nitrogen and oxygen atoms in total. The summed E-state index contributed by atoms with van der Waals surface area (Å²) in [5.74, 6) is 0.231. The quantitative estimate of drug-likeness (QED) is 0.727. The van der Waals surface area contributed by atoms with E-state index in [0.29, 0.717) is 18.8 Å². The largest absolute Gasteiger partial charge is 0.484 e. The average Bonchev–Trinajstić information content (AvgIpc) is 3.25. The molecule has 7 heteroatoms. The van der Waals surface area contributed by atoms with Crippen molar-refractivity contribution < 1.29 is 17.9 Å². The predicted molar refractivity (Wildman–Crippen MR) is 117 cm³/mol.